The number of rotatable bonds is 2. The van der Waals surface area contributed by atoms with E-state index in [1.165, 1.54) is 13.1 Å². The van der Waals surface area contributed by atoms with Crippen LogP contribution >= 0.6 is 0 Å². The van der Waals surface area contributed by atoms with Crippen molar-refractivity contribution < 1.29 is 4.79 Å². The van der Waals surface area contributed by atoms with Gasteiger partial charge in [0, 0.05) is 23.6 Å². The number of fused-ring (bicyclic) bond motifs is 2. The number of hydrogen-bond acceptors (Lipinski definition) is 4. The molecule has 134 valence electrons. The molecule has 7 nitrogen and oxygen atoms in total. The Morgan fingerprint density at radius 1 is 1.04 bits per heavy atom. The highest BCUT2D eigenvalue weighted by atomic mass is 16.2. The highest BCUT2D eigenvalue weighted by molar-refractivity contribution is 6.05. The summed E-state index contributed by atoms with van der Waals surface area (Å²) >= 11 is 0. The van der Waals surface area contributed by atoms with Crippen molar-refractivity contribution in [2.24, 2.45) is 5.10 Å². The lowest BCUT2D eigenvalue weighted by Gasteiger charge is -2.02. The van der Waals surface area contributed by atoms with Gasteiger partial charge in [0.15, 0.2) is 0 Å². The zero-order valence-corrected chi connectivity index (χ0v) is 14.8. The van der Waals surface area contributed by atoms with E-state index in [-0.39, 0.29) is 5.91 Å². The number of aromatic amines is 1. The molecule has 1 N–H and O–H groups in total. The van der Waals surface area contributed by atoms with Crippen LogP contribution in [0.3, 0.4) is 0 Å². The van der Waals surface area contributed by atoms with Gasteiger partial charge in [-0.3, -0.25) is 14.2 Å². The van der Waals surface area contributed by atoms with Crippen molar-refractivity contribution in [3.8, 4) is 0 Å². The maximum absolute atomic E-state index is 12.6. The van der Waals surface area contributed by atoms with Crippen LogP contribution in [-0.2, 0) is 0 Å². The summed E-state index contributed by atoms with van der Waals surface area (Å²) in [5, 5.41) is 5.31. The van der Waals surface area contributed by atoms with Crippen molar-refractivity contribution in [1.29, 1.82) is 0 Å². The normalized spacial score (nSPS) is 11.6. The first-order valence-electron chi connectivity index (χ1n) is 8.38. The van der Waals surface area contributed by atoms with E-state index in [4.69, 9.17) is 0 Å². The van der Waals surface area contributed by atoms with Gasteiger partial charge in [-0.1, -0.05) is 30.3 Å². The molecule has 0 fully saturated rings. The molecule has 4 aromatic rings. The van der Waals surface area contributed by atoms with Gasteiger partial charge < -0.3 is 4.98 Å². The van der Waals surface area contributed by atoms with Crippen LogP contribution in [0.1, 0.15) is 23.0 Å². The first-order chi connectivity index (χ1) is 13.0. The first-order valence-corrected chi connectivity index (χ1v) is 8.38. The van der Waals surface area contributed by atoms with Crippen molar-refractivity contribution in [3.63, 3.8) is 0 Å². The fourth-order valence-corrected chi connectivity index (χ4v) is 3.33. The van der Waals surface area contributed by atoms with Crippen molar-refractivity contribution >= 4 is 33.9 Å². The predicted molar refractivity (Wildman–Crippen MR) is 105 cm³/mol. The molecule has 4 rings (SSSR count). The second kappa shape index (κ2) is 6.21. The third kappa shape index (κ3) is 2.60. The number of H-pyrrole nitrogens is 1. The molecule has 2 aromatic heterocycles. The van der Waals surface area contributed by atoms with Crippen molar-refractivity contribution in [1.82, 2.24) is 14.2 Å². The lowest BCUT2D eigenvalue weighted by atomic mass is 10.1. The molecule has 0 aliphatic rings. The van der Waals surface area contributed by atoms with Crippen LogP contribution < -0.4 is 11.2 Å². The SMILES string of the molecule is CC(=O)n1c(C)c(C=Nn2c(=O)[nH]c3ccccc3c2=O)c2ccccc21. The van der Waals surface area contributed by atoms with Crippen LogP contribution in [0.2, 0.25) is 0 Å². The summed E-state index contributed by atoms with van der Waals surface area (Å²) in [7, 11) is 0. The Labute approximate surface area is 153 Å². The summed E-state index contributed by atoms with van der Waals surface area (Å²) in [4.78, 5) is 39.5. The third-order valence-electron chi connectivity index (χ3n) is 4.56. The molecule has 0 amide bonds. The van der Waals surface area contributed by atoms with Gasteiger partial charge >= 0.3 is 5.69 Å². The molecule has 2 aromatic carbocycles. The van der Waals surface area contributed by atoms with Crippen molar-refractivity contribution in [2.45, 2.75) is 13.8 Å². The Morgan fingerprint density at radius 2 is 1.70 bits per heavy atom. The van der Waals surface area contributed by atoms with Crippen LogP contribution in [0.25, 0.3) is 21.8 Å². The summed E-state index contributed by atoms with van der Waals surface area (Å²) < 4.78 is 2.38. The zero-order chi connectivity index (χ0) is 19.1. The summed E-state index contributed by atoms with van der Waals surface area (Å²) in [6.45, 7) is 3.29. The van der Waals surface area contributed by atoms with Gasteiger partial charge in [0.2, 0.25) is 5.91 Å². The fourth-order valence-electron chi connectivity index (χ4n) is 3.33. The predicted octanol–water partition coefficient (Wildman–Crippen LogP) is 2.50. The topological polar surface area (TPSA) is 89.2 Å². The molecular formula is C20H16N4O3. The van der Waals surface area contributed by atoms with Gasteiger partial charge in [-0.2, -0.15) is 5.10 Å². The Kier molecular flexibility index (Phi) is 3.84. The Balaban J connectivity index is 1.94. The molecule has 0 unspecified atom stereocenters. The molecule has 27 heavy (non-hydrogen) atoms. The monoisotopic (exact) mass is 360 g/mol. The maximum atomic E-state index is 12.6. The zero-order valence-electron chi connectivity index (χ0n) is 14.8. The molecule has 2 heterocycles. The minimum Gasteiger partial charge on any atom is -0.305 e. The minimum atomic E-state index is -0.622. The van der Waals surface area contributed by atoms with E-state index in [1.807, 2.05) is 24.3 Å². The summed E-state index contributed by atoms with van der Waals surface area (Å²) in [5.41, 5.74) is 1.46. The quantitative estimate of drug-likeness (QED) is 0.557. The molecule has 0 bridgehead atoms. The number of aromatic nitrogens is 3. The van der Waals surface area contributed by atoms with Crippen LogP contribution in [-0.4, -0.2) is 26.3 Å². The van der Waals surface area contributed by atoms with E-state index >= 15 is 0 Å². The van der Waals surface area contributed by atoms with Gasteiger partial charge in [0.1, 0.15) is 0 Å². The minimum absolute atomic E-state index is 0.121. The Hall–Kier alpha value is -3.74. The smallest absolute Gasteiger partial charge is 0.305 e. The Morgan fingerprint density at radius 3 is 2.44 bits per heavy atom. The number of hydrogen-bond donors (Lipinski definition) is 1. The van der Waals surface area contributed by atoms with Gasteiger partial charge in [0.25, 0.3) is 5.56 Å². The molecule has 0 saturated heterocycles. The second-order valence-electron chi connectivity index (χ2n) is 6.21. The summed E-state index contributed by atoms with van der Waals surface area (Å²) in [6.07, 6.45) is 1.45. The molecule has 0 radical (unpaired) electrons. The second-order valence-corrected chi connectivity index (χ2v) is 6.21. The average Bonchev–Trinajstić information content (AvgIpc) is 2.93. The van der Waals surface area contributed by atoms with E-state index in [1.54, 1.807) is 35.8 Å². The van der Waals surface area contributed by atoms with Gasteiger partial charge in [0.05, 0.1) is 22.6 Å². The highest BCUT2D eigenvalue weighted by Crippen LogP contribution is 2.24. The van der Waals surface area contributed by atoms with Crippen molar-refractivity contribution in [3.05, 3.63) is 80.6 Å². The van der Waals surface area contributed by atoms with E-state index < -0.39 is 11.2 Å². The molecular weight excluding hydrogens is 344 g/mol. The van der Waals surface area contributed by atoms with E-state index in [0.29, 0.717) is 22.2 Å². The molecule has 0 aliphatic carbocycles. The number of para-hydroxylation sites is 2. The maximum Gasteiger partial charge on any atom is 0.349 e. The average molecular weight is 360 g/mol. The highest BCUT2D eigenvalue weighted by Gasteiger charge is 2.15. The lowest BCUT2D eigenvalue weighted by Crippen LogP contribution is -2.32. The van der Waals surface area contributed by atoms with Crippen LogP contribution in [0.15, 0.2) is 63.2 Å². The van der Waals surface area contributed by atoms with Crippen molar-refractivity contribution in [2.75, 3.05) is 0 Å². The standard InChI is InChI=1S/C20H16N4O3/c1-12-16(14-7-4-6-10-18(14)23(12)13(2)25)11-21-24-19(26)15-8-3-5-9-17(15)22-20(24)27/h3-11H,1-2H3,(H,22,27). The number of nitrogens with zero attached hydrogens (tertiary/aromatic N) is 3. The molecule has 0 atom stereocenters. The number of carbonyl (C=O) groups excluding carboxylic acids is 1. The number of carbonyl (C=O) groups is 1. The fraction of sp³-hybridized carbons (Fsp3) is 0.100. The largest absolute Gasteiger partial charge is 0.349 e. The Bertz CT molecular complexity index is 1360. The van der Waals surface area contributed by atoms with Gasteiger partial charge in [-0.25, -0.2) is 4.79 Å². The van der Waals surface area contributed by atoms with E-state index in [9.17, 15) is 14.4 Å². The van der Waals surface area contributed by atoms with Crippen LogP contribution in [0.5, 0.6) is 0 Å². The lowest BCUT2D eigenvalue weighted by molar-refractivity contribution is 0.0939. The number of nitrogens with one attached hydrogen (secondary N) is 1. The summed E-state index contributed by atoms with van der Waals surface area (Å²) in [6, 6.07) is 14.2. The van der Waals surface area contributed by atoms with Crippen LogP contribution in [0, 0.1) is 6.92 Å². The van der Waals surface area contributed by atoms with Crippen LogP contribution in [0.4, 0.5) is 0 Å². The molecule has 0 spiro atoms. The van der Waals surface area contributed by atoms with Gasteiger partial charge in [-0.05, 0) is 25.1 Å². The number of benzene rings is 2. The first kappa shape index (κ1) is 16.7. The molecule has 7 heteroatoms. The van der Waals surface area contributed by atoms with Gasteiger partial charge in [-0.15, -0.1) is 4.68 Å². The third-order valence-corrected chi connectivity index (χ3v) is 4.56. The molecule has 0 aliphatic heterocycles. The summed E-state index contributed by atoms with van der Waals surface area (Å²) in [5.74, 6) is -0.121. The molecule has 0 saturated carbocycles. The van der Waals surface area contributed by atoms with E-state index in [2.05, 4.69) is 10.1 Å². The van der Waals surface area contributed by atoms with E-state index in [0.717, 1.165) is 15.6 Å².